The normalized spacial score (nSPS) is 12.8. The zero-order valence-electron chi connectivity index (χ0n) is 16.7. The lowest BCUT2D eigenvalue weighted by Crippen LogP contribution is -2.31. The van der Waals surface area contributed by atoms with Crippen molar-refractivity contribution in [1.82, 2.24) is 24.8 Å². The van der Waals surface area contributed by atoms with Crippen molar-refractivity contribution in [2.24, 2.45) is 0 Å². The Morgan fingerprint density at radius 1 is 1.16 bits per heavy atom. The summed E-state index contributed by atoms with van der Waals surface area (Å²) in [5.74, 6) is 5.89. The van der Waals surface area contributed by atoms with Crippen LogP contribution in [0.4, 0.5) is 0 Å². The minimum absolute atomic E-state index is 0.0212. The maximum atomic E-state index is 12.9. The van der Waals surface area contributed by atoms with Crippen LogP contribution >= 0.6 is 0 Å². The number of pyridine rings is 3. The van der Waals surface area contributed by atoms with Crippen molar-refractivity contribution in [2.75, 3.05) is 0 Å². The number of hydrogen-bond acceptors (Lipinski definition) is 6. The molecular formula is C23H16N6O3. The molecule has 1 aliphatic rings. The number of rotatable bonds is 3. The summed E-state index contributed by atoms with van der Waals surface area (Å²) in [6.45, 7) is 0. The molecule has 4 aromatic heterocycles. The number of fused-ring (bicyclic) bond motifs is 1. The molecule has 1 N–H and O–H groups in total. The molecule has 9 heteroatoms. The van der Waals surface area contributed by atoms with Gasteiger partial charge in [0.05, 0.1) is 10.9 Å². The Balaban J connectivity index is 1.60. The molecule has 1 aliphatic carbocycles. The summed E-state index contributed by atoms with van der Waals surface area (Å²) in [5.41, 5.74) is 0.527. The van der Waals surface area contributed by atoms with Gasteiger partial charge < -0.3 is 10.5 Å². The van der Waals surface area contributed by atoms with Gasteiger partial charge in [0, 0.05) is 30.7 Å². The molecule has 9 nitrogen and oxygen atoms in total. The number of carbonyl (C=O) groups is 1. The molecule has 4 aromatic rings. The van der Waals surface area contributed by atoms with Crippen LogP contribution in [0, 0.1) is 17.0 Å². The summed E-state index contributed by atoms with van der Waals surface area (Å²) in [7, 11) is 0. The number of amides is 1. The Morgan fingerprint density at radius 2 is 2.03 bits per heavy atom. The van der Waals surface area contributed by atoms with E-state index in [0.717, 1.165) is 12.8 Å². The van der Waals surface area contributed by atoms with E-state index in [2.05, 4.69) is 32.1 Å². The molecule has 0 radical (unpaired) electrons. The van der Waals surface area contributed by atoms with Gasteiger partial charge in [-0.1, -0.05) is 5.92 Å². The molecule has 1 saturated carbocycles. The van der Waals surface area contributed by atoms with Crippen molar-refractivity contribution in [2.45, 2.75) is 18.9 Å². The Kier molecular flexibility index (Phi) is 4.80. The SMILES string of the molecule is O=C(NC1CC1)c1cn(-c2ccnc(C#Cc3ccc[n+]([O-])c3)n2)c2ncccc2c1=O. The summed E-state index contributed by atoms with van der Waals surface area (Å²) in [5, 5.41) is 14.6. The maximum absolute atomic E-state index is 12.9. The van der Waals surface area contributed by atoms with E-state index in [-0.39, 0.29) is 22.9 Å². The molecule has 1 fully saturated rings. The highest BCUT2D eigenvalue weighted by molar-refractivity contribution is 5.97. The maximum Gasteiger partial charge on any atom is 0.257 e. The van der Waals surface area contributed by atoms with Crippen LogP contribution in [0.5, 0.6) is 0 Å². The van der Waals surface area contributed by atoms with Crippen molar-refractivity contribution in [3.05, 3.63) is 93.7 Å². The first-order valence-corrected chi connectivity index (χ1v) is 9.94. The van der Waals surface area contributed by atoms with Crippen LogP contribution in [-0.4, -0.2) is 31.5 Å². The standard InChI is InChI=1S/C23H16N6O3/c30-21-17-4-1-10-25-22(17)29(14-18(21)23(31)26-16-6-7-16)20-9-11-24-19(27-20)8-5-15-3-2-12-28(32)13-15/h1-4,9-14,16H,6-7H2,(H,26,31). The molecule has 1 amide bonds. The summed E-state index contributed by atoms with van der Waals surface area (Å²) in [6, 6.07) is 8.34. The van der Waals surface area contributed by atoms with Gasteiger partial charge >= 0.3 is 0 Å². The van der Waals surface area contributed by atoms with Gasteiger partial charge in [-0.3, -0.25) is 14.2 Å². The van der Waals surface area contributed by atoms with Crippen LogP contribution in [0.1, 0.15) is 34.6 Å². The first kappa shape index (κ1) is 19.4. The van der Waals surface area contributed by atoms with Crippen molar-refractivity contribution in [3.8, 4) is 17.7 Å². The first-order valence-electron chi connectivity index (χ1n) is 9.94. The Hall–Kier alpha value is -4.58. The molecule has 0 spiro atoms. The van der Waals surface area contributed by atoms with E-state index in [1.807, 2.05) is 0 Å². The minimum Gasteiger partial charge on any atom is -0.619 e. The Bertz CT molecular complexity index is 1480. The highest BCUT2D eigenvalue weighted by Crippen LogP contribution is 2.20. The second-order valence-corrected chi connectivity index (χ2v) is 7.31. The fourth-order valence-electron chi connectivity index (χ4n) is 3.19. The van der Waals surface area contributed by atoms with Gasteiger partial charge in [0.2, 0.25) is 11.3 Å². The molecule has 0 aliphatic heterocycles. The molecule has 0 atom stereocenters. The minimum atomic E-state index is -0.416. The average molecular weight is 424 g/mol. The third-order valence-electron chi connectivity index (χ3n) is 4.90. The van der Waals surface area contributed by atoms with Gasteiger partial charge in [-0.15, -0.1) is 0 Å². The molecule has 5 rings (SSSR count). The first-order chi connectivity index (χ1) is 15.6. The molecule has 0 unspecified atom stereocenters. The third kappa shape index (κ3) is 3.89. The van der Waals surface area contributed by atoms with Crippen molar-refractivity contribution in [3.63, 3.8) is 0 Å². The lowest BCUT2D eigenvalue weighted by Gasteiger charge is -2.12. The topological polar surface area (TPSA) is 117 Å². The number of carbonyl (C=O) groups excluding carboxylic acids is 1. The van der Waals surface area contributed by atoms with Gasteiger partial charge in [0.1, 0.15) is 17.0 Å². The Morgan fingerprint density at radius 3 is 2.84 bits per heavy atom. The predicted octanol–water partition coefficient (Wildman–Crippen LogP) is 1.10. The number of nitrogens with zero attached hydrogens (tertiary/aromatic N) is 5. The molecular weight excluding hydrogens is 408 g/mol. The second kappa shape index (κ2) is 7.92. The third-order valence-corrected chi connectivity index (χ3v) is 4.90. The fraction of sp³-hybridized carbons (Fsp3) is 0.130. The van der Waals surface area contributed by atoms with Gasteiger partial charge in [-0.2, -0.15) is 4.73 Å². The summed E-state index contributed by atoms with van der Waals surface area (Å²) < 4.78 is 2.24. The van der Waals surface area contributed by atoms with E-state index in [1.165, 1.54) is 24.8 Å². The van der Waals surface area contributed by atoms with Crippen LogP contribution in [0.2, 0.25) is 0 Å². The second-order valence-electron chi connectivity index (χ2n) is 7.31. The molecule has 4 heterocycles. The largest absolute Gasteiger partial charge is 0.619 e. The smallest absolute Gasteiger partial charge is 0.257 e. The van der Waals surface area contributed by atoms with Crippen LogP contribution in [0.15, 0.2) is 66.1 Å². The number of hydrogen-bond donors (Lipinski definition) is 1. The number of nitrogens with one attached hydrogen (secondary N) is 1. The predicted molar refractivity (Wildman–Crippen MR) is 115 cm³/mol. The quantitative estimate of drug-likeness (QED) is 0.299. The van der Waals surface area contributed by atoms with Gasteiger partial charge in [0.25, 0.3) is 5.91 Å². The van der Waals surface area contributed by atoms with Gasteiger partial charge in [-0.05, 0) is 43.0 Å². The highest BCUT2D eigenvalue weighted by Gasteiger charge is 2.26. The van der Waals surface area contributed by atoms with Crippen LogP contribution in [0.25, 0.3) is 16.9 Å². The average Bonchev–Trinajstić information content (AvgIpc) is 3.62. The molecule has 0 aromatic carbocycles. The fourth-order valence-corrected chi connectivity index (χ4v) is 3.19. The summed E-state index contributed by atoms with van der Waals surface area (Å²) in [6.07, 6.45) is 9.09. The van der Waals surface area contributed by atoms with Crippen LogP contribution in [-0.2, 0) is 0 Å². The van der Waals surface area contributed by atoms with Crippen molar-refractivity contribution < 1.29 is 9.52 Å². The summed E-state index contributed by atoms with van der Waals surface area (Å²) >= 11 is 0. The van der Waals surface area contributed by atoms with Crippen LogP contribution in [0.3, 0.4) is 0 Å². The van der Waals surface area contributed by atoms with E-state index in [9.17, 15) is 14.8 Å². The van der Waals surface area contributed by atoms with E-state index in [1.54, 1.807) is 41.1 Å². The zero-order chi connectivity index (χ0) is 22.1. The Labute approximate surface area is 182 Å². The lowest BCUT2D eigenvalue weighted by molar-refractivity contribution is -0.605. The molecule has 0 bridgehead atoms. The lowest BCUT2D eigenvalue weighted by atomic mass is 10.1. The zero-order valence-corrected chi connectivity index (χ0v) is 16.7. The molecule has 0 saturated heterocycles. The van der Waals surface area contributed by atoms with Crippen molar-refractivity contribution >= 4 is 16.9 Å². The van der Waals surface area contributed by atoms with E-state index >= 15 is 0 Å². The van der Waals surface area contributed by atoms with E-state index < -0.39 is 5.91 Å². The van der Waals surface area contributed by atoms with E-state index in [4.69, 9.17) is 0 Å². The molecule has 156 valence electrons. The molecule has 32 heavy (non-hydrogen) atoms. The van der Waals surface area contributed by atoms with E-state index in [0.29, 0.717) is 27.1 Å². The highest BCUT2D eigenvalue weighted by atomic mass is 16.5. The monoisotopic (exact) mass is 424 g/mol. The van der Waals surface area contributed by atoms with Crippen molar-refractivity contribution in [1.29, 1.82) is 0 Å². The van der Waals surface area contributed by atoms with Gasteiger partial charge in [-0.25, -0.2) is 15.0 Å². The van der Waals surface area contributed by atoms with Gasteiger partial charge in [0.15, 0.2) is 12.4 Å². The summed E-state index contributed by atoms with van der Waals surface area (Å²) in [4.78, 5) is 38.5. The number of aromatic nitrogens is 5. The van der Waals surface area contributed by atoms with Crippen LogP contribution < -0.4 is 15.5 Å².